The lowest BCUT2D eigenvalue weighted by Crippen LogP contribution is -2.25. The lowest BCUT2D eigenvalue weighted by Gasteiger charge is -2.20. The van der Waals surface area contributed by atoms with Crippen LogP contribution in [-0.4, -0.2) is 31.7 Å². The van der Waals surface area contributed by atoms with Crippen molar-refractivity contribution in [2.45, 2.75) is 38.9 Å². The Morgan fingerprint density at radius 2 is 2.12 bits per heavy atom. The number of carbonyl (C=O) groups is 1. The molecule has 0 aromatic carbocycles. The fourth-order valence-corrected chi connectivity index (χ4v) is 3.39. The van der Waals surface area contributed by atoms with Crippen LogP contribution in [0.1, 0.15) is 26.7 Å². The summed E-state index contributed by atoms with van der Waals surface area (Å²) < 4.78 is 33.7. The molecule has 0 bridgehead atoms. The van der Waals surface area contributed by atoms with Gasteiger partial charge in [-0.25, -0.2) is 0 Å². The minimum absolute atomic E-state index is 0.0812. The summed E-state index contributed by atoms with van der Waals surface area (Å²) in [6.45, 7) is 3.14. The largest absolute Gasteiger partial charge is 0.492 e. The van der Waals surface area contributed by atoms with Gasteiger partial charge in [0.2, 0.25) is 0 Å². The van der Waals surface area contributed by atoms with Gasteiger partial charge in [-0.1, -0.05) is 0 Å². The highest BCUT2D eigenvalue weighted by Crippen LogP contribution is 2.39. The molecule has 0 saturated heterocycles. The molecule has 2 rings (SSSR count). The standard InChI is InChI=1S/C10H14O6S/c1-5-3-8-9(17(13,14)16-5)4-7(15-8)6(2)10(11)12/h5-7H,3-4H2,1-2H3,(H,11,12)/t5-,6+,7+/m1/s1. The van der Waals surface area contributed by atoms with Gasteiger partial charge >= 0.3 is 5.97 Å². The van der Waals surface area contributed by atoms with Crippen molar-refractivity contribution in [3.63, 3.8) is 0 Å². The molecule has 0 aliphatic carbocycles. The summed E-state index contributed by atoms with van der Waals surface area (Å²) in [5.74, 6) is -1.38. The van der Waals surface area contributed by atoms with E-state index < -0.39 is 34.2 Å². The zero-order chi connectivity index (χ0) is 12.8. The maximum Gasteiger partial charge on any atom is 0.309 e. The number of aliphatic carboxylic acids is 1. The van der Waals surface area contributed by atoms with E-state index in [0.29, 0.717) is 12.2 Å². The van der Waals surface area contributed by atoms with Crippen molar-refractivity contribution in [1.82, 2.24) is 0 Å². The van der Waals surface area contributed by atoms with Crippen molar-refractivity contribution >= 4 is 16.1 Å². The monoisotopic (exact) mass is 262 g/mol. The maximum atomic E-state index is 11.7. The molecule has 0 saturated carbocycles. The second-order valence-corrected chi connectivity index (χ2v) is 5.99. The first-order valence-corrected chi connectivity index (χ1v) is 6.77. The van der Waals surface area contributed by atoms with Gasteiger partial charge in [0.1, 0.15) is 16.8 Å². The molecule has 0 unspecified atom stereocenters. The average molecular weight is 262 g/mol. The van der Waals surface area contributed by atoms with Gasteiger partial charge in [-0.15, -0.1) is 0 Å². The van der Waals surface area contributed by atoms with Crippen LogP contribution in [0.5, 0.6) is 0 Å². The van der Waals surface area contributed by atoms with Crippen molar-refractivity contribution < 1.29 is 27.2 Å². The molecule has 0 aromatic heterocycles. The minimum Gasteiger partial charge on any atom is -0.492 e. The molecule has 2 aliphatic heterocycles. The first-order chi connectivity index (χ1) is 7.81. The van der Waals surface area contributed by atoms with Gasteiger partial charge in [0.05, 0.1) is 12.0 Å². The Balaban J connectivity index is 2.23. The highest BCUT2D eigenvalue weighted by atomic mass is 32.2. The third-order valence-corrected chi connectivity index (χ3v) is 4.58. The smallest absolute Gasteiger partial charge is 0.309 e. The normalized spacial score (nSPS) is 32.8. The quantitative estimate of drug-likeness (QED) is 0.742. The van der Waals surface area contributed by atoms with Gasteiger partial charge in [-0.05, 0) is 13.8 Å². The van der Waals surface area contributed by atoms with Crippen LogP contribution < -0.4 is 0 Å². The molecule has 17 heavy (non-hydrogen) atoms. The molecule has 96 valence electrons. The molecule has 2 heterocycles. The number of carboxylic acid groups (broad SMARTS) is 1. The van der Waals surface area contributed by atoms with Gasteiger partial charge in [0, 0.05) is 12.8 Å². The van der Waals surface area contributed by atoms with Crippen molar-refractivity contribution in [3.05, 3.63) is 10.7 Å². The third-order valence-electron chi connectivity index (χ3n) is 3.00. The Morgan fingerprint density at radius 3 is 2.71 bits per heavy atom. The van der Waals surface area contributed by atoms with Crippen LogP contribution in [-0.2, 0) is 23.8 Å². The molecular weight excluding hydrogens is 248 g/mol. The van der Waals surface area contributed by atoms with E-state index in [1.54, 1.807) is 6.92 Å². The molecule has 0 spiro atoms. The van der Waals surface area contributed by atoms with Crippen LogP contribution >= 0.6 is 0 Å². The lowest BCUT2D eigenvalue weighted by atomic mass is 10.0. The Labute approximate surface area is 99.3 Å². The van der Waals surface area contributed by atoms with E-state index in [9.17, 15) is 13.2 Å². The summed E-state index contributed by atoms with van der Waals surface area (Å²) in [7, 11) is -3.74. The van der Waals surface area contributed by atoms with E-state index in [0.717, 1.165) is 0 Å². The molecule has 0 fully saturated rings. The predicted octanol–water partition coefficient (Wildman–Crippen LogP) is 0.846. The van der Waals surface area contributed by atoms with Gasteiger partial charge in [-0.3, -0.25) is 8.98 Å². The zero-order valence-electron chi connectivity index (χ0n) is 9.54. The predicted molar refractivity (Wildman–Crippen MR) is 57.4 cm³/mol. The topological polar surface area (TPSA) is 89.9 Å². The molecule has 2 aliphatic rings. The maximum absolute atomic E-state index is 11.7. The highest BCUT2D eigenvalue weighted by molar-refractivity contribution is 7.90. The van der Waals surface area contributed by atoms with Crippen molar-refractivity contribution in [3.8, 4) is 0 Å². The third kappa shape index (κ3) is 2.16. The number of hydrogen-bond acceptors (Lipinski definition) is 5. The second-order valence-electron chi connectivity index (χ2n) is 4.40. The fraction of sp³-hybridized carbons (Fsp3) is 0.700. The molecule has 6 nitrogen and oxygen atoms in total. The van der Waals surface area contributed by atoms with E-state index in [-0.39, 0.29) is 11.3 Å². The van der Waals surface area contributed by atoms with Gasteiger partial charge in [0.25, 0.3) is 10.1 Å². The summed E-state index contributed by atoms with van der Waals surface area (Å²) in [6.07, 6.45) is -0.631. The molecule has 7 heteroatoms. The minimum atomic E-state index is -3.74. The van der Waals surface area contributed by atoms with Crippen LogP contribution in [0.3, 0.4) is 0 Å². The highest BCUT2D eigenvalue weighted by Gasteiger charge is 2.43. The number of rotatable bonds is 2. The van der Waals surface area contributed by atoms with Crippen molar-refractivity contribution in [2.24, 2.45) is 5.92 Å². The Morgan fingerprint density at radius 1 is 1.47 bits per heavy atom. The molecule has 0 radical (unpaired) electrons. The Bertz CT molecular complexity index is 477. The lowest BCUT2D eigenvalue weighted by molar-refractivity contribution is -0.144. The summed E-state index contributed by atoms with van der Waals surface area (Å²) in [5, 5.41) is 8.88. The zero-order valence-corrected chi connectivity index (χ0v) is 10.4. The number of ether oxygens (including phenoxy) is 1. The van der Waals surface area contributed by atoms with Crippen LogP contribution in [0.2, 0.25) is 0 Å². The fourth-order valence-electron chi connectivity index (χ4n) is 2.00. The first kappa shape index (κ1) is 12.4. The van der Waals surface area contributed by atoms with Crippen LogP contribution in [0.4, 0.5) is 0 Å². The van der Waals surface area contributed by atoms with E-state index in [4.69, 9.17) is 14.0 Å². The van der Waals surface area contributed by atoms with Gasteiger partial charge in [-0.2, -0.15) is 8.42 Å². The summed E-state index contributed by atoms with van der Waals surface area (Å²) in [5.41, 5.74) is 0. The van der Waals surface area contributed by atoms with E-state index in [1.165, 1.54) is 6.92 Å². The van der Waals surface area contributed by atoms with Crippen molar-refractivity contribution in [1.29, 1.82) is 0 Å². The van der Waals surface area contributed by atoms with E-state index in [1.807, 2.05) is 0 Å². The summed E-state index contributed by atoms with van der Waals surface area (Å²) in [4.78, 5) is 10.9. The van der Waals surface area contributed by atoms with Gasteiger partial charge in [0.15, 0.2) is 0 Å². The molecule has 1 N–H and O–H groups in total. The molecule has 0 amide bonds. The summed E-state index contributed by atoms with van der Waals surface area (Å²) >= 11 is 0. The second kappa shape index (κ2) is 3.99. The average Bonchev–Trinajstić information content (AvgIpc) is 2.59. The SMILES string of the molecule is C[C@@H]1CC2=C(C[C@@H]([C@H](C)C(=O)O)O2)S(=O)(=O)O1. The number of hydrogen-bond donors (Lipinski definition) is 1. The van der Waals surface area contributed by atoms with Crippen LogP contribution in [0.25, 0.3) is 0 Å². The first-order valence-electron chi connectivity index (χ1n) is 5.36. The Hall–Kier alpha value is -1.08. The van der Waals surface area contributed by atoms with Gasteiger partial charge < -0.3 is 9.84 Å². The van der Waals surface area contributed by atoms with E-state index in [2.05, 4.69) is 0 Å². The Kier molecular flexibility index (Phi) is 2.90. The molecular formula is C10H14O6S. The number of carboxylic acids is 1. The van der Waals surface area contributed by atoms with Crippen LogP contribution in [0, 0.1) is 5.92 Å². The molecule has 3 atom stereocenters. The summed E-state index contributed by atoms with van der Waals surface area (Å²) in [6, 6.07) is 0. The molecule has 0 aromatic rings. The van der Waals surface area contributed by atoms with Crippen LogP contribution in [0.15, 0.2) is 10.7 Å². The van der Waals surface area contributed by atoms with Crippen molar-refractivity contribution in [2.75, 3.05) is 0 Å². The van der Waals surface area contributed by atoms with E-state index >= 15 is 0 Å².